The molecular formula is C85H72BN3SSi2. The number of fused-ring (bicyclic) bond motifs is 6. The predicted octanol–water partition coefficient (Wildman–Crippen LogP) is 14.5. The van der Waals surface area contributed by atoms with E-state index in [-0.39, 0.29) is 22.5 Å². The Balaban J connectivity index is 1.21. The van der Waals surface area contributed by atoms with Gasteiger partial charge in [0, 0.05) is 49.5 Å². The second kappa shape index (κ2) is 22.9. The van der Waals surface area contributed by atoms with Crippen molar-refractivity contribution in [3.05, 3.63) is 337 Å². The quantitative estimate of drug-likeness (QED) is 0.0841. The fourth-order valence-corrected chi connectivity index (χ4v) is 22.0. The monoisotopic (exact) mass is 1270 g/mol. The summed E-state index contributed by atoms with van der Waals surface area (Å²) in [4.78, 5) is 5.51. The van der Waals surface area contributed by atoms with Crippen LogP contribution in [0.3, 0.4) is 0 Å². The summed E-state index contributed by atoms with van der Waals surface area (Å²) in [6, 6.07) is -17.9. The molecule has 13 aromatic rings. The zero-order valence-electron chi connectivity index (χ0n) is 87.0. The lowest BCUT2D eigenvalue weighted by Crippen LogP contribution is -2.75. The van der Waals surface area contributed by atoms with Gasteiger partial charge in [0.2, 0.25) is 0 Å². The summed E-state index contributed by atoms with van der Waals surface area (Å²) in [5.74, 6) is 0. The van der Waals surface area contributed by atoms with Crippen LogP contribution in [0, 0.1) is 5.41 Å². The van der Waals surface area contributed by atoms with Crippen molar-refractivity contribution >= 4 is 143 Å². The Morgan fingerprint density at radius 1 is 0.435 bits per heavy atom. The lowest BCUT2D eigenvalue weighted by molar-refractivity contribution is 0.394. The molecule has 7 heteroatoms. The Kier molecular flexibility index (Phi) is 7.49. The zero-order chi connectivity index (χ0) is 94.4. The number of nitrogens with zero attached hydrogens (tertiary/aromatic N) is 3. The van der Waals surface area contributed by atoms with Gasteiger partial charge in [-0.25, -0.2) is 0 Å². The van der Waals surface area contributed by atoms with Crippen LogP contribution in [0.15, 0.2) is 321 Å². The highest BCUT2D eigenvalue weighted by molar-refractivity contribution is 7.29. The minimum absolute atomic E-state index is 0.0122. The van der Waals surface area contributed by atoms with E-state index in [1.54, 1.807) is 72.8 Å². The smallest absolute Gasteiger partial charge is 0.264 e. The van der Waals surface area contributed by atoms with Gasteiger partial charge in [0.15, 0.2) is 16.1 Å². The number of hydrogen-bond acceptors (Lipinski definition) is 4. The predicted molar refractivity (Wildman–Crippen MR) is 400 cm³/mol. The van der Waals surface area contributed by atoms with Gasteiger partial charge in [0.1, 0.15) is 0 Å². The molecule has 0 spiro atoms. The van der Waals surface area contributed by atoms with E-state index in [0.717, 1.165) is 20.9 Å². The number of rotatable bonds is 13. The van der Waals surface area contributed by atoms with Gasteiger partial charge in [-0.15, -0.1) is 0 Å². The average molecular weight is 1270 g/mol. The minimum atomic E-state index is -6.72. The fraction of sp³-hybridized carbons (Fsp3) is 0.106. The second-order valence-electron chi connectivity index (χ2n) is 24.3. The summed E-state index contributed by atoms with van der Waals surface area (Å²) in [7, 11) is -13.4. The van der Waals surface area contributed by atoms with Crippen molar-refractivity contribution in [3.8, 4) is 0 Å². The molecule has 3 aliphatic rings. The van der Waals surface area contributed by atoms with Crippen molar-refractivity contribution in [3.63, 3.8) is 0 Å². The summed E-state index contributed by atoms with van der Waals surface area (Å²) < 4.78 is 368. The van der Waals surface area contributed by atoms with E-state index < -0.39 is 316 Å². The molecule has 16 rings (SSSR count). The van der Waals surface area contributed by atoms with E-state index >= 15 is 0 Å². The Labute approximate surface area is 601 Å². The molecule has 0 radical (unpaired) electrons. The summed E-state index contributed by atoms with van der Waals surface area (Å²) in [5, 5.41) is -9.38. The number of para-hydroxylation sites is 2. The maximum absolute atomic E-state index is 11.9. The summed E-state index contributed by atoms with van der Waals surface area (Å²) in [6.07, 6.45) is 0.726. The third-order valence-corrected chi connectivity index (χ3v) is 26.5. The van der Waals surface area contributed by atoms with Crippen LogP contribution >= 0.6 is 11.3 Å². The molecule has 0 atom stereocenters. The van der Waals surface area contributed by atoms with Crippen molar-refractivity contribution in [1.82, 2.24) is 0 Å². The largest absolute Gasteiger partial charge is 0.311 e. The first-order valence-electron chi connectivity index (χ1n) is 48.0. The standard InChI is InChI=1S/C85H72BN3SSi2/c1-84(2,3)61-46-48-65(49-47-61)89-79-57-66(87(62-30-14-6-15-31-62)63-32-16-7-17-33-63)56-78-81(79)86(83-82(89)75-59-85(4,5)60-80(75)90-83)76-58-74(92(70-40-24-11-25-41-70,71-42-26-12-27-43-71)72-44-28-13-29-45-72)54-55-77(76)88(78)64-50-52-73(53-51-64)91(67-34-18-8-19-35-67,68-36-20-9-21-37-68)69-38-22-10-23-39-69/h6-58H,59-60H2,1-5H3/i8D,9D,10D,11D,12D,13D,18D,19D,20D,21D,22D,23D,24D,25D,26D,27D,28D,29D,34D,35D,36D,37D,38D,39D,40D,41D,42D,43D,44D,45D,50D,51D,52D,53D,54D,55D,58D. The lowest BCUT2D eigenvalue weighted by atomic mass is 9.36. The third kappa shape index (κ3) is 9.42. The molecule has 444 valence electrons. The van der Waals surface area contributed by atoms with Crippen molar-refractivity contribution in [2.75, 3.05) is 14.7 Å². The second-order valence-corrected chi connectivity index (χ2v) is 32.4. The van der Waals surface area contributed by atoms with E-state index in [1.807, 2.05) is 54.8 Å². The van der Waals surface area contributed by atoms with Gasteiger partial charge in [-0.2, -0.15) is 11.3 Å². The Hall–Kier alpha value is -9.76. The highest BCUT2D eigenvalue weighted by atomic mass is 32.1. The molecular weight excluding hydrogens is 1160 g/mol. The molecule has 3 heterocycles. The van der Waals surface area contributed by atoms with Gasteiger partial charge in [-0.05, 0) is 154 Å². The summed E-state index contributed by atoms with van der Waals surface area (Å²) in [6.45, 7) is 8.46. The van der Waals surface area contributed by atoms with Crippen LogP contribution in [-0.2, 0) is 18.3 Å². The molecule has 1 aliphatic carbocycles. The highest BCUT2D eigenvalue weighted by Gasteiger charge is 2.51. The van der Waals surface area contributed by atoms with Crippen molar-refractivity contribution in [2.45, 2.75) is 52.9 Å². The first-order chi connectivity index (χ1) is 60.4. The van der Waals surface area contributed by atoms with Gasteiger partial charge in [0.25, 0.3) is 6.71 Å². The molecule has 1 aromatic heterocycles. The van der Waals surface area contributed by atoms with E-state index in [9.17, 15) is 42.5 Å². The van der Waals surface area contributed by atoms with Gasteiger partial charge in [-0.1, -0.05) is 289 Å². The maximum atomic E-state index is 11.9. The van der Waals surface area contributed by atoms with Crippen LogP contribution in [0.4, 0.5) is 51.2 Å². The van der Waals surface area contributed by atoms with Crippen LogP contribution in [0.5, 0.6) is 0 Å². The van der Waals surface area contributed by atoms with E-state index in [2.05, 4.69) is 13.8 Å². The Morgan fingerprint density at radius 3 is 1.29 bits per heavy atom. The van der Waals surface area contributed by atoms with Crippen LogP contribution < -0.4 is 71.9 Å². The van der Waals surface area contributed by atoms with Gasteiger partial charge in [-0.3, -0.25) is 0 Å². The van der Waals surface area contributed by atoms with Crippen LogP contribution in [0.1, 0.15) is 101 Å². The van der Waals surface area contributed by atoms with Crippen LogP contribution in [0.25, 0.3) is 0 Å². The minimum Gasteiger partial charge on any atom is -0.311 e. The number of anilines is 9. The van der Waals surface area contributed by atoms with E-state index in [1.165, 1.54) is 11.3 Å². The first-order valence-corrected chi connectivity index (χ1v) is 34.3. The average Bonchev–Trinajstić information content (AvgIpc) is 1.64. The molecule has 0 fully saturated rings. The topological polar surface area (TPSA) is 9.72 Å². The molecule has 12 aromatic carbocycles. The highest BCUT2D eigenvalue weighted by Crippen LogP contribution is 2.53. The fourth-order valence-electron chi connectivity index (χ4n) is 13.2. The molecule has 0 saturated heterocycles. The number of hydrogen-bond donors (Lipinski definition) is 0. The van der Waals surface area contributed by atoms with E-state index in [4.69, 9.17) is 8.22 Å². The van der Waals surface area contributed by atoms with Crippen LogP contribution in [-0.4, -0.2) is 22.9 Å². The number of thiophene rings is 1. The molecule has 0 amide bonds. The third-order valence-electron chi connectivity index (χ3n) is 17.2. The Morgan fingerprint density at radius 2 is 0.848 bits per heavy atom. The van der Waals surface area contributed by atoms with Gasteiger partial charge >= 0.3 is 0 Å². The number of benzene rings is 12. The molecule has 2 aliphatic heterocycles. The van der Waals surface area contributed by atoms with Crippen LogP contribution in [0.2, 0.25) is 0 Å². The normalized spacial score (nSPS) is 19.5. The van der Waals surface area contributed by atoms with Gasteiger partial charge < -0.3 is 14.7 Å². The maximum Gasteiger partial charge on any atom is 0.264 e. The first kappa shape index (κ1) is 30.1. The van der Waals surface area contributed by atoms with E-state index in [0.29, 0.717) is 40.4 Å². The summed E-state index contributed by atoms with van der Waals surface area (Å²) in [5.41, 5.74) is 0.268. The van der Waals surface area contributed by atoms with Gasteiger partial charge in [0.05, 0.1) is 62.1 Å². The molecule has 0 N–H and O–H groups in total. The van der Waals surface area contributed by atoms with Crippen molar-refractivity contribution in [1.29, 1.82) is 0 Å². The zero-order valence-corrected chi connectivity index (χ0v) is 52.8. The van der Waals surface area contributed by atoms with Crippen molar-refractivity contribution in [2.24, 2.45) is 5.41 Å². The Bertz CT molecular complexity index is 6570. The molecule has 92 heavy (non-hydrogen) atoms. The molecule has 3 nitrogen and oxygen atoms in total. The molecule has 0 saturated carbocycles. The summed E-state index contributed by atoms with van der Waals surface area (Å²) >= 11 is 1.23. The molecule has 0 unspecified atom stereocenters. The lowest BCUT2D eigenvalue weighted by Gasteiger charge is -2.45. The molecule has 0 bridgehead atoms. The van der Waals surface area contributed by atoms with Crippen molar-refractivity contribution < 1.29 is 50.7 Å². The SMILES string of the molecule is [2H]c1c([2H])c([2H])c([Si](c2c([2H])c([2H])c([2H])c([2H])c2[2H])(c2c([2H])c([2H])c([2H])c([2H])c2[2H])c2c([2H])c([2H])c(N3c4cc(N(c5ccccc5)c5ccccc5)cc5c4B(c4sc6c(c4N5c4ccc(C(C)(C)C)cc4)CC(C)(C)C6)c4c([2H])c([Si](c5c([2H])c([2H])c([2H])c([2H])c5[2H])(c5c([2H])c([2H])c([2H])c([2H])c5[2H])c5c([2H])c([2H])c([2H])c([2H])c5[2H])c([2H])c([2H])c43)c([2H])c2[2H])c([2H])c1[2H].